The minimum absolute atomic E-state index is 0.0804. The molecule has 0 amide bonds. The highest BCUT2D eigenvalue weighted by Crippen LogP contribution is 2.32. The molecular weight excluding hydrogens is 220 g/mol. The Balaban J connectivity index is 2.07. The van der Waals surface area contributed by atoms with E-state index in [1.54, 1.807) is 0 Å². The number of hydrogen-bond acceptors (Lipinski definition) is 1. The first-order valence-electron chi connectivity index (χ1n) is 5.94. The van der Waals surface area contributed by atoms with Crippen molar-refractivity contribution in [1.82, 2.24) is 0 Å². The molecule has 1 aliphatic rings. The predicted molar refractivity (Wildman–Crippen MR) is 72.5 cm³/mol. The summed E-state index contributed by atoms with van der Waals surface area (Å²) < 4.78 is 0. The lowest BCUT2D eigenvalue weighted by atomic mass is 9.99. The summed E-state index contributed by atoms with van der Waals surface area (Å²) >= 11 is 0. The molecule has 0 atom stereocenters. The van der Waals surface area contributed by atoms with Crippen LogP contribution in [0.25, 0.3) is 11.3 Å². The standard InChI is InChI=1S/C17H13O/c18-17(14-9-2-1-3-10-14)16-12-6-11-15(16)13-7-4-5-8-13/h1-12,18H/q-1/p-1. The average molecular weight is 232 g/mol. The van der Waals surface area contributed by atoms with Gasteiger partial charge in [-0.05, 0) is 5.56 Å². The van der Waals surface area contributed by atoms with Gasteiger partial charge in [0, 0.05) is 0 Å². The summed E-state index contributed by atoms with van der Waals surface area (Å²) in [6, 6.07) is 17.4. The van der Waals surface area contributed by atoms with E-state index in [9.17, 15) is 5.11 Å². The molecule has 0 spiro atoms. The lowest BCUT2D eigenvalue weighted by molar-refractivity contribution is -0.244. The zero-order valence-electron chi connectivity index (χ0n) is 9.84. The molecule has 0 saturated carbocycles. The molecule has 1 aliphatic carbocycles. The minimum Gasteiger partial charge on any atom is -0.877 e. The summed E-state index contributed by atoms with van der Waals surface area (Å²) in [7, 11) is 0. The van der Waals surface area contributed by atoms with Gasteiger partial charge in [-0.1, -0.05) is 47.5 Å². The molecule has 3 rings (SSSR count). The smallest absolute Gasteiger partial charge is 0.0405 e. The first-order valence-corrected chi connectivity index (χ1v) is 5.94. The molecule has 2 aromatic rings. The third-order valence-corrected chi connectivity index (χ3v) is 3.07. The van der Waals surface area contributed by atoms with Crippen LogP contribution in [-0.2, 0) is 0 Å². The largest absolute Gasteiger partial charge is 0.877 e. The third-order valence-electron chi connectivity index (χ3n) is 3.07. The number of allylic oxidation sites excluding steroid dienone is 5. The molecule has 0 aromatic heterocycles. The summed E-state index contributed by atoms with van der Waals surface area (Å²) in [4.78, 5) is 0. The maximum absolute atomic E-state index is 12.4. The van der Waals surface area contributed by atoms with Crippen LogP contribution in [0.5, 0.6) is 0 Å². The van der Waals surface area contributed by atoms with Crippen molar-refractivity contribution in [3.05, 3.63) is 89.5 Å². The van der Waals surface area contributed by atoms with Crippen molar-refractivity contribution in [2.75, 3.05) is 0 Å². The summed E-state index contributed by atoms with van der Waals surface area (Å²) in [5.74, 6) is 0.0804. The lowest BCUT2D eigenvalue weighted by Gasteiger charge is -2.22. The fraction of sp³-hybridized carbons (Fsp3) is 0. The molecule has 0 radical (unpaired) electrons. The van der Waals surface area contributed by atoms with Crippen LogP contribution < -0.4 is 5.11 Å². The maximum Gasteiger partial charge on any atom is -0.0405 e. The molecule has 2 aromatic carbocycles. The molecule has 1 nitrogen and oxygen atoms in total. The van der Waals surface area contributed by atoms with Crippen LogP contribution in [0.4, 0.5) is 0 Å². The lowest BCUT2D eigenvalue weighted by Crippen LogP contribution is -2.05. The Hall–Kier alpha value is -2.41. The fourth-order valence-electron chi connectivity index (χ4n) is 2.17. The van der Waals surface area contributed by atoms with Crippen molar-refractivity contribution in [1.29, 1.82) is 0 Å². The SMILES string of the molecule is [O-]C(=C1C=CC=C1[c-]1cccc1)c1ccccc1. The summed E-state index contributed by atoms with van der Waals surface area (Å²) in [5, 5.41) is 12.4. The highest BCUT2D eigenvalue weighted by atomic mass is 16.3. The van der Waals surface area contributed by atoms with Gasteiger partial charge >= 0.3 is 0 Å². The third kappa shape index (κ3) is 1.80. The van der Waals surface area contributed by atoms with E-state index in [0.29, 0.717) is 0 Å². The average Bonchev–Trinajstić information content (AvgIpc) is 3.09. The van der Waals surface area contributed by atoms with Gasteiger partial charge in [-0.15, -0.1) is 35.6 Å². The number of benzene rings is 1. The highest BCUT2D eigenvalue weighted by molar-refractivity contribution is 5.92. The zero-order valence-corrected chi connectivity index (χ0v) is 9.84. The van der Waals surface area contributed by atoms with E-state index in [1.165, 1.54) is 0 Å². The Labute approximate surface area is 106 Å². The van der Waals surface area contributed by atoms with Crippen molar-refractivity contribution in [3.8, 4) is 0 Å². The summed E-state index contributed by atoms with van der Waals surface area (Å²) in [5.41, 5.74) is 3.61. The topological polar surface area (TPSA) is 23.1 Å². The molecule has 1 heteroatoms. The van der Waals surface area contributed by atoms with Crippen LogP contribution in [0, 0.1) is 0 Å². The second-order valence-electron chi connectivity index (χ2n) is 4.22. The summed E-state index contributed by atoms with van der Waals surface area (Å²) in [6.07, 6.45) is 5.81. The molecule has 88 valence electrons. The van der Waals surface area contributed by atoms with E-state index < -0.39 is 0 Å². The number of rotatable bonds is 2. The zero-order chi connectivity index (χ0) is 12.4. The molecule has 0 saturated heterocycles. The Morgan fingerprint density at radius 3 is 2.39 bits per heavy atom. The van der Waals surface area contributed by atoms with Crippen LogP contribution in [0.1, 0.15) is 11.1 Å². The monoisotopic (exact) mass is 232 g/mol. The fourth-order valence-corrected chi connectivity index (χ4v) is 2.17. The van der Waals surface area contributed by atoms with Gasteiger partial charge in [-0.3, -0.25) is 0 Å². The number of hydrogen-bond donors (Lipinski definition) is 0. The van der Waals surface area contributed by atoms with Crippen molar-refractivity contribution in [2.24, 2.45) is 0 Å². The van der Waals surface area contributed by atoms with E-state index in [-0.39, 0.29) is 5.76 Å². The van der Waals surface area contributed by atoms with Gasteiger partial charge < -0.3 is 5.11 Å². The van der Waals surface area contributed by atoms with Crippen molar-refractivity contribution < 1.29 is 5.11 Å². The molecule has 0 bridgehead atoms. The van der Waals surface area contributed by atoms with Gasteiger partial charge in [0.1, 0.15) is 0 Å². The molecule has 0 N–H and O–H groups in total. The molecule has 18 heavy (non-hydrogen) atoms. The Morgan fingerprint density at radius 2 is 1.67 bits per heavy atom. The first-order chi connectivity index (χ1) is 8.86. The van der Waals surface area contributed by atoms with Crippen molar-refractivity contribution in [3.63, 3.8) is 0 Å². The van der Waals surface area contributed by atoms with Gasteiger partial charge in [-0.25, -0.2) is 0 Å². The Morgan fingerprint density at radius 1 is 0.944 bits per heavy atom. The minimum atomic E-state index is 0.0804. The van der Waals surface area contributed by atoms with Gasteiger partial charge in [0.15, 0.2) is 0 Å². The molecule has 0 fully saturated rings. The van der Waals surface area contributed by atoms with Gasteiger partial charge in [0.05, 0.1) is 0 Å². The van der Waals surface area contributed by atoms with Gasteiger partial charge in [0.2, 0.25) is 0 Å². The van der Waals surface area contributed by atoms with Crippen LogP contribution in [0.2, 0.25) is 0 Å². The second kappa shape index (κ2) is 4.46. The molecule has 0 unspecified atom stereocenters. The quantitative estimate of drug-likeness (QED) is 0.576. The van der Waals surface area contributed by atoms with E-state index >= 15 is 0 Å². The Bertz CT molecular complexity index is 626. The maximum atomic E-state index is 12.4. The van der Waals surface area contributed by atoms with E-state index in [4.69, 9.17) is 0 Å². The van der Waals surface area contributed by atoms with Crippen LogP contribution in [-0.4, -0.2) is 0 Å². The molecule has 0 heterocycles. The van der Waals surface area contributed by atoms with Crippen LogP contribution >= 0.6 is 0 Å². The highest BCUT2D eigenvalue weighted by Gasteiger charge is 2.04. The van der Waals surface area contributed by atoms with E-state index in [2.05, 4.69) is 0 Å². The van der Waals surface area contributed by atoms with Crippen molar-refractivity contribution in [2.45, 2.75) is 0 Å². The molecular formula is C17H12O-2. The van der Waals surface area contributed by atoms with Crippen LogP contribution in [0.3, 0.4) is 0 Å². The van der Waals surface area contributed by atoms with E-state index in [0.717, 1.165) is 22.3 Å². The summed E-state index contributed by atoms with van der Waals surface area (Å²) in [6.45, 7) is 0. The Kier molecular flexibility index (Phi) is 2.66. The predicted octanol–water partition coefficient (Wildman–Crippen LogP) is 3.13. The van der Waals surface area contributed by atoms with Gasteiger partial charge in [0.25, 0.3) is 0 Å². The first kappa shape index (κ1) is 10.7. The van der Waals surface area contributed by atoms with Crippen LogP contribution in [0.15, 0.2) is 78.4 Å². The van der Waals surface area contributed by atoms with E-state index in [1.807, 2.05) is 72.8 Å². The van der Waals surface area contributed by atoms with Crippen molar-refractivity contribution >= 4 is 11.3 Å². The molecule has 0 aliphatic heterocycles. The van der Waals surface area contributed by atoms with Gasteiger partial charge in [-0.2, -0.15) is 12.1 Å². The normalized spacial score (nSPS) is 16.8. The second-order valence-corrected chi connectivity index (χ2v) is 4.22.